The number of amides is 2. The Balaban J connectivity index is 1.61. The second-order valence-electron chi connectivity index (χ2n) is 7.54. The van der Waals surface area contributed by atoms with E-state index in [1.807, 2.05) is 18.2 Å². The van der Waals surface area contributed by atoms with Crippen LogP contribution in [-0.2, 0) is 20.8 Å². The minimum Gasteiger partial charge on any atom is -0.481 e. The van der Waals surface area contributed by atoms with Crippen LogP contribution in [0.4, 0.5) is 0 Å². The molecule has 2 aliphatic rings. The van der Waals surface area contributed by atoms with Crippen molar-refractivity contribution in [3.8, 4) is 0 Å². The Kier molecular flexibility index (Phi) is 6.48. The van der Waals surface area contributed by atoms with Gasteiger partial charge >= 0.3 is 5.97 Å². The van der Waals surface area contributed by atoms with Crippen molar-refractivity contribution in [1.82, 2.24) is 9.80 Å². The lowest BCUT2D eigenvalue weighted by molar-refractivity contribution is -0.157. The number of hydrogen-bond donors (Lipinski definition) is 1. The number of rotatable bonds is 7. The lowest BCUT2D eigenvalue weighted by atomic mass is 10.0. The first-order valence-corrected chi connectivity index (χ1v) is 9.91. The van der Waals surface area contributed by atoms with E-state index in [1.165, 1.54) is 5.56 Å². The van der Waals surface area contributed by atoms with E-state index >= 15 is 0 Å². The standard InChI is InChI=1S/C21H28N2O4/c24-19(25)15-18-21(27)22(12-6-9-16-7-2-1-3-8-16)13-14-23(18)20(26)17-10-4-5-11-17/h1-3,7-8,17-18H,4-6,9-15H2,(H,24,25). The van der Waals surface area contributed by atoms with E-state index < -0.39 is 12.0 Å². The molecule has 1 aromatic carbocycles. The van der Waals surface area contributed by atoms with Crippen molar-refractivity contribution in [3.63, 3.8) is 0 Å². The van der Waals surface area contributed by atoms with Crippen molar-refractivity contribution < 1.29 is 19.5 Å². The summed E-state index contributed by atoms with van der Waals surface area (Å²) in [4.78, 5) is 40.3. The number of carboxylic acid groups (broad SMARTS) is 1. The fraction of sp³-hybridized carbons (Fsp3) is 0.571. The van der Waals surface area contributed by atoms with Gasteiger partial charge in [0.1, 0.15) is 6.04 Å². The van der Waals surface area contributed by atoms with Crippen LogP contribution in [0.15, 0.2) is 30.3 Å². The predicted molar refractivity (Wildman–Crippen MR) is 101 cm³/mol. The molecule has 1 N–H and O–H groups in total. The molecular weight excluding hydrogens is 344 g/mol. The number of carboxylic acids is 1. The Hall–Kier alpha value is -2.37. The molecule has 3 rings (SSSR count). The van der Waals surface area contributed by atoms with Gasteiger partial charge in [-0.1, -0.05) is 43.2 Å². The Labute approximate surface area is 160 Å². The molecule has 1 saturated carbocycles. The zero-order valence-corrected chi connectivity index (χ0v) is 15.7. The summed E-state index contributed by atoms with van der Waals surface area (Å²) in [7, 11) is 0. The molecule has 1 unspecified atom stereocenters. The highest BCUT2D eigenvalue weighted by Gasteiger charge is 2.40. The third-order valence-corrected chi connectivity index (χ3v) is 5.68. The molecule has 1 aromatic rings. The van der Waals surface area contributed by atoms with Crippen LogP contribution < -0.4 is 0 Å². The largest absolute Gasteiger partial charge is 0.481 e. The summed E-state index contributed by atoms with van der Waals surface area (Å²) in [6.45, 7) is 1.52. The normalized spacial score (nSPS) is 20.9. The van der Waals surface area contributed by atoms with E-state index in [4.69, 9.17) is 0 Å². The Morgan fingerprint density at radius 2 is 1.78 bits per heavy atom. The minimum atomic E-state index is -1.04. The summed E-state index contributed by atoms with van der Waals surface area (Å²) in [5.74, 6) is -1.33. The van der Waals surface area contributed by atoms with Gasteiger partial charge in [-0.3, -0.25) is 14.4 Å². The average Bonchev–Trinajstić information content (AvgIpc) is 3.19. The molecule has 0 aromatic heterocycles. The molecule has 1 saturated heterocycles. The summed E-state index contributed by atoms with van der Waals surface area (Å²) in [5, 5.41) is 9.25. The number of carbonyl (C=O) groups is 3. The first-order chi connectivity index (χ1) is 13.1. The average molecular weight is 372 g/mol. The Bertz CT molecular complexity index is 670. The SMILES string of the molecule is O=C(O)CC1C(=O)N(CCCc2ccccc2)CCN1C(=O)C1CCCC1. The summed E-state index contributed by atoms with van der Waals surface area (Å²) >= 11 is 0. The van der Waals surface area contributed by atoms with Gasteiger partial charge in [0, 0.05) is 25.6 Å². The lowest BCUT2D eigenvalue weighted by Gasteiger charge is -2.41. The summed E-state index contributed by atoms with van der Waals surface area (Å²) in [5.41, 5.74) is 1.22. The molecule has 2 fully saturated rings. The van der Waals surface area contributed by atoms with Gasteiger partial charge in [-0.25, -0.2) is 0 Å². The second kappa shape index (κ2) is 9.02. The maximum absolute atomic E-state index is 12.9. The van der Waals surface area contributed by atoms with Crippen molar-refractivity contribution in [1.29, 1.82) is 0 Å². The molecule has 0 radical (unpaired) electrons. The number of piperazine rings is 1. The highest BCUT2D eigenvalue weighted by Crippen LogP contribution is 2.29. The number of carbonyl (C=O) groups excluding carboxylic acids is 2. The van der Waals surface area contributed by atoms with Crippen molar-refractivity contribution >= 4 is 17.8 Å². The molecule has 1 aliphatic carbocycles. The molecule has 2 amide bonds. The van der Waals surface area contributed by atoms with Gasteiger partial charge in [-0.05, 0) is 31.2 Å². The molecule has 6 nitrogen and oxygen atoms in total. The van der Waals surface area contributed by atoms with Crippen molar-refractivity contribution in [3.05, 3.63) is 35.9 Å². The van der Waals surface area contributed by atoms with E-state index in [2.05, 4.69) is 12.1 Å². The van der Waals surface area contributed by atoms with Gasteiger partial charge in [-0.15, -0.1) is 0 Å². The zero-order valence-electron chi connectivity index (χ0n) is 15.7. The predicted octanol–water partition coefficient (Wildman–Crippen LogP) is 2.32. The van der Waals surface area contributed by atoms with Crippen molar-refractivity contribution in [2.24, 2.45) is 5.92 Å². The van der Waals surface area contributed by atoms with Crippen LogP contribution in [0.25, 0.3) is 0 Å². The molecular formula is C21H28N2O4. The van der Waals surface area contributed by atoms with Gasteiger partial charge in [-0.2, -0.15) is 0 Å². The van der Waals surface area contributed by atoms with Crippen LogP contribution in [0.2, 0.25) is 0 Å². The van der Waals surface area contributed by atoms with Crippen LogP contribution in [0.3, 0.4) is 0 Å². The van der Waals surface area contributed by atoms with Crippen LogP contribution in [-0.4, -0.2) is 58.4 Å². The van der Waals surface area contributed by atoms with Gasteiger partial charge in [0.15, 0.2) is 0 Å². The van der Waals surface area contributed by atoms with Gasteiger partial charge in [0.2, 0.25) is 11.8 Å². The van der Waals surface area contributed by atoms with Gasteiger partial charge < -0.3 is 14.9 Å². The third kappa shape index (κ3) is 4.87. The van der Waals surface area contributed by atoms with Crippen molar-refractivity contribution in [2.45, 2.75) is 51.0 Å². The van der Waals surface area contributed by atoms with E-state index in [-0.39, 0.29) is 24.2 Å². The molecule has 1 aliphatic heterocycles. The summed E-state index contributed by atoms with van der Waals surface area (Å²) in [6, 6.07) is 9.24. The molecule has 27 heavy (non-hydrogen) atoms. The second-order valence-corrected chi connectivity index (χ2v) is 7.54. The molecule has 0 bridgehead atoms. The molecule has 0 spiro atoms. The maximum atomic E-state index is 12.9. The van der Waals surface area contributed by atoms with Gasteiger partial charge in [0.25, 0.3) is 0 Å². The third-order valence-electron chi connectivity index (χ3n) is 5.68. The summed E-state index contributed by atoms with van der Waals surface area (Å²) in [6.07, 6.45) is 5.16. The Morgan fingerprint density at radius 1 is 1.07 bits per heavy atom. The highest BCUT2D eigenvalue weighted by atomic mass is 16.4. The first kappa shape index (κ1) is 19.4. The minimum absolute atomic E-state index is 0.0314. The fourth-order valence-corrected chi connectivity index (χ4v) is 4.21. The number of hydrogen-bond acceptors (Lipinski definition) is 3. The smallest absolute Gasteiger partial charge is 0.305 e. The number of aliphatic carboxylic acids is 1. The van der Waals surface area contributed by atoms with Crippen molar-refractivity contribution in [2.75, 3.05) is 19.6 Å². The number of nitrogens with zero attached hydrogens (tertiary/aromatic N) is 2. The number of aryl methyl sites for hydroxylation is 1. The zero-order chi connectivity index (χ0) is 19.2. The van der Waals surface area contributed by atoms with E-state index in [0.717, 1.165) is 38.5 Å². The highest BCUT2D eigenvalue weighted by molar-refractivity contribution is 5.92. The quantitative estimate of drug-likeness (QED) is 0.797. The monoisotopic (exact) mass is 372 g/mol. The van der Waals surface area contributed by atoms with E-state index in [9.17, 15) is 19.5 Å². The molecule has 146 valence electrons. The van der Waals surface area contributed by atoms with E-state index in [0.29, 0.717) is 19.6 Å². The topological polar surface area (TPSA) is 77.9 Å². The maximum Gasteiger partial charge on any atom is 0.305 e. The lowest BCUT2D eigenvalue weighted by Crippen LogP contribution is -2.60. The molecule has 6 heteroatoms. The van der Waals surface area contributed by atoms with Crippen LogP contribution in [0, 0.1) is 5.92 Å². The molecule has 1 atom stereocenters. The number of benzene rings is 1. The fourth-order valence-electron chi connectivity index (χ4n) is 4.21. The van der Waals surface area contributed by atoms with E-state index in [1.54, 1.807) is 9.80 Å². The molecule has 1 heterocycles. The van der Waals surface area contributed by atoms with Gasteiger partial charge in [0.05, 0.1) is 6.42 Å². The Morgan fingerprint density at radius 3 is 2.44 bits per heavy atom. The summed E-state index contributed by atoms with van der Waals surface area (Å²) < 4.78 is 0. The van der Waals surface area contributed by atoms with Crippen LogP contribution in [0.5, 0.6) is 0 Å². The van der Waals surface area contributed by atoms with Crippen LogP contribution >= 0.6 is 0 Å². The first-order valence-electron chi connectivity index (χ1n) is 9.91. The van der Waals surface area contributed by atoms with Crippen LogP contribution in [0.1, 0.15) is 44.1 Å².